The van der Waals surface area contributed by atoms with Crippen LogP contribution in [0.5, 0.6) is 0 Å². The van der Waals surface area contributed by atoms with Gasteiger partial charge in [0.2, 0.25) is 11.8 Å². The van der Waals surface area contributed by atoms with Gasteiger partial charge in [-0.3, -0.25) is 0 Å². The monoisotopic (exact) mass is 553 g/mol. The van der Waals surface area contributed by atoms with Crippen LogP contribution in [0.3, 0.4) is 0 Å². The second-order valence-corrected chi connectivity index (χ2v) is 10.7. The van der Waals surface area contributed by atoms with Crippen molar-refractivity contribution in [2.45, 2.75) is 0 Å². The zero-order valence-corrected chi connectivity index (χ0v) is 22.9. The summed E-state index contributed by atoms with van der Waals surface area (Å²) in [6.07, 6.45) is 0. The lowest BCUT2D eigenvalue weighted by Gasteiger charge is -2.10. The first-order valence-corrected chi connectivity index (χ1v) is 14.2. The maximum absolute atomic E-state index is 6.15. The molecule has 0 saturated heterocycles. The lowest BCUT2D eigenvalue weighted by Crippen LogP contribution is -1.94. The highest BCUT2D eigenvalue weighted by atomic mass is 16.4. The van der Waals surface area contributed by atoms with Crippen LogP contribution >= 0.6 is 0 Å². The van der Waals surface area contributed by atoms with Crippen molar-refractivity contribution in [3.63, 3.8) is 0 Å². The van der Waals surface area contributed by atoms with Crippen molar-refractivity contribution < 1.29 is 8.83 Å². The summed E-state index contributed by atoms with van der Waals surface area (Å²) in [5.41, 5.74) is 10.7. The number of nitrogens with zero attached hydrogens (tertiary/aromatic N) is 3. The molecule has 5 heteroatoms. The molecule has 3 heterocycles. The molecule has 0 spiro atoms. The normalized spacial score (nSPS) is 11.7. The molecule has 0 aliphatic heterocycles. The van der Waals surface area contributed by atoms with E-state index in [1.165, 1.54) is 11.1 Å². The summed E-state index contributed by atoms with van der Waals surface area (Å²) < 4.78 is 14.6. The summed E-state index contributed by atoms with van der Waals surface area (Å²) in [5, 5.41) is 2.19. The third kappa shape index (κ3) is 3.86. The van der Waals surface area contributed by atoms with E-state index in [1.807, 2.05) is 54.6 Å². The van der Waals surface area contributed by atoms with Crippen molar-refractivity contribution in [1.29, 1.82) is 0 Å². The Kier molecular flexibility index (Phi) is 5.13. The number of fused-ring (bicyclic) bond motifs is 5. The molecule has 0 radical (unpaired) electrons. The predicted octanol–water partition coefficient (Wildman–Crippen LogP) is 10.1. The number of hydrogen-bond donors (Lipinski definition) is 0. The summed E-state index contributed by atoms with van der Waals surface area (Å²) in [4.78, 5) is 9.53. The molecule has 5 nitrogen and oxygen atoms in total. The molecule has 6 aromatic carbocycles. The average molecular weight is 554 g/mol. The van der Waals surface area contributed by atoms with Crippen LogP contribution in [0.15, 0.2) is 148 Å². The number of rotatable bonds is 4. The Bertz CT molecular complexity index is 2250. The standard InChI is InChI=1S/C38H23N3O2/c1-2-8-24(9-3-1)25-14-18-28(19-15-25)41-33-20-16-26(37-39-31-10-4-6-12-35(31)42-37)22-29(33)30-23-27(17-21-34(30)41)38-40-32-11-5-7-13-36(32)43-38/h1-23H. The van der Waals surface area contributed by atoms with Crippen LogP contribution in [-0.2, 0) is 0 Å². The van der Waals surface area contributed by atoms with Gasteiger partial charge < -0.3 is 13.4 Å². The molecular formula is C38H23N3O2. The summed E-state index contributed by atoms with van der Waals surface area (Å²) >= 11 is 0. The molecule has 0 aliphatic rings. The van der Waals surface area contributed by atoms with Crippen molar-refractivity contribution in [3.8, 4) is 39.7 Å². The second kappa shape index (κ2) is 9.29. The molecule has 43 heavy (non-hydrogen) atoms. The van der Waals surface area contributed by atoms with Crippen LogP contribution in [0.1, 0.15) is 0 Å². The summed E-state index contributed by atoms with van der Waals surface area (Å²) in [7, 11) is 0. The van der Waals surface area contributed by atoms with Gasteiger partial charge in [0.15, 0.2) is 11.2 Å². The van der Waals surface area contributed by atoms with Crippen LogP contribution in [0.2, 0.25) is 0 Å². The van der Waals surface area contributed by atoms with E-state index in [4.69, 9.17) is 18.8 Å². The molecule has 0 fully saturated rings. The molecule has 0 unspecified atom stereocenters. The molecular weight excluding hydrogens is 530 g/mol. The fourth-order valence-electron chi connectivity index (χ4n) is 5.99. The number of aromatic nitrogens is 3. The van der Waals surface area contributed by atoms with Gasteiger partial charge in [-0.1, -0.05) is 66.7 Å². The molecule has 0 amide bonds. The summed E-state index contributed by atoms with van der Waals surface area (Å²) in [6, 6.07) is 47.7. The Labute approximate surface area is 246 Å². The molecule has 9 aromatic rings. The summed E-state index contributed by atoms with van der Waals surface area (Å²) in [5.74, 6) is 1.21. The molecule has 0 aliphatic carbocycles. The minimum Gasteiger partial charge on any atom is -0.436 e. The number of hydrogen-bond acceptors (Lipinski definition) is 4. The average Bonchev–Trinajstić information content (AvgIpc) is 3.78. The number of para-hydroxylation sites is 4. The maximum Gasteiger partial charge on any atom is 0.227 e. The Morgan fingerprint density at radius 2 is 0.884 bits per heavy atom. The number of benzene rings is 6. The molecule has 0 N–H and O–H groups in total. The Morgan fingerprint density at radius 3 is 1.42 bits per heavy atom. The van der Waals surface area contributed by atoms with Crippen LogP contribution in [0, 0.1) is 0 Å². The van der Waals surface area contributed by atoms with E-state index in [0.717, 1.165) is 60.8 Å². The fourth-order valence-corrected chi connectivity index (χ4v) is 5.99. The van der Waals surface area contributed by atoms with Gasteiger partial charge in [0.1, 0.15) is 11.0 Å². The molecule has 3 aromatic heterocycles. The first-order valence-electron chi connectivity index (χ1n) is 14.2. The van der Waals surface area contributed by atoms with Gasteiger partial charge in [0, 0.05) is 27.6 Å². The van der Waals surface area contributed by atoms with E-state index < -0.39 is 0 Å². The van der Waals surface area contributed by atoms with Gasteiger partial charge in [-0.05, 0) is 83.9 Å². The largest absolute Gasteiger partial charge is 0.436 e. The minimum atomic E-state index is 0.603. The fraction of sp³-hybridized carbons (Fsp3) is 0. The molecule has 0 bridgehead atoms. The van der Waals surface area contributed by atoms with Gasteiger partial charge in [-0.15, -0.1) is 0 Å². The van der Waals surface area contributed by atoms with E-state index in [2.05, 4.69) is 89.5 Å². The highest BCUT2D eigenvalue weighted by Gasteiger charge is 2.18. The summed E-state index contributed by atoms with van der Waals surface area (Å²) in [6.45, 7) is 0. The quantitative estimate of drug-likeness (QED) is 0.218. The topological polar surface area (TPSA) is 57.0 Å². The maximum atomic E-state index is 6.15. The SMILES string of the molecule is c1ccc(-c2ccc(-n3c4ccc(-c5nc6ccccc6o5)cc4c4cc(-c5nc6ccccc6o5)ccc43)cc2)cc1. The van der Waals surface area contributed by atoms with Crippen molar-refractivity contribution in [3.05, 3.63) is 140 Å². The van der Waals surface area contributed by atoms with Crippen molar-refractivity contribution in [1.82, 2.24) is 14.5 Å². The first-order chi connectivity index (χ1) is 21.3. The van der Waals surface area contributed by atoms with Crippen molar-refractivity contribution in [2.75, 3.05) is 0 Å². The third-order valence-electron chi connectivity index (χ3n) is 8.08. The van der Waals surface area contributed by atoms with E-state index in [-0.39, 0.29) is 0 Å². The van der Waals surface area contributed by atoms with E-state index in [9.17, 15) is 0 Å². The van der Waals surface area contributed by atoms with Crippen LogP contribution in [-0.4, -0.2) is 14.5 Å². The van der Waals surface area contributed by atoms with Crippen molar-refractivity contribution in [2.24, 2.45) is 0 Å². The van der Waals surface area contributed by atoms with Crippen LogP contribution < -0.4 is 0 Å². The highest BCUT2D eigenvalue weighted by Crippen LogP contribution is 2.38. The van der Waals surface area contributed by atoms with Gasteiger partial charge >= 0.3 is 0 Å². The Morgan fingerprint density at radius 1 is 0.419 bits per heavy atom. The number of oxazole rings is 2. The predicted molar refractivity (Wildman–Crippen MR) is 172 cm³/mol. The lowest BCUT2D eigenvalue weighted by molar-refractivity contribution is 0.619. The van der Waals surface area contributed by atoms with Crippen molar-refractivity contribution >= 4 is 44.0 Å². The zero-order chi connectivity index (χ0) is 28.3. The Hall–Kier alpha value is -5.94. The van der Waals surface area contributed by atoms with E-state index in [0.29, 0.717) is 11.8 Å². The minimum absolute atomic E-state index is 0.603. The molecule has 0 saturated carbocycles. The van der Waals surface area contributed by atoms with Gasteiger partial charge in [-0.2, -0.15) is 0 Å². The lowest BCUT2D eigenvalue weighted by atomic mass is 10.1. The van der Waals surface area contributed by atoms with E-state index in [1.54, 1.807) is 0 Å². The molecule has 9 rings (SSSR count). The zero-order valence-electron chi connectivity index (χ0n) is 22.9. The van der Waals surface area contributed by atoms with E-state index >= 15 is 0 Å². The molecule has 202 valence electrons. The second-order valence-electron chi connectivity index (χ2n) is 10.7. The smallest absolute Gasteiger partial charge is 0.227 e. The first kappa shape index (κ1) is 23.7. The van der Waals surface area contributed by atoms with Gasteiger partial charge in [-0.25, -0.2) is 9.97 Å². The Balaban J connectivity index is 1.25. The van der Waals surface area contributed by atoms with Crippen LogP contribution in [0.25, 0.3) is 83.7 Å². The third-order valence-corrected chi connectivity index (χ3v) is 8.08. The molecule has 0 atom stereocenters. The van der Waals surface area contributed by atoms with Gasteiger partial charge in [0.05, 0.1) is 11.0 Å². The highest BCUT2D eigenvalue weighted by molar-refractivity contribution is 6.11. The van der Waals surface area contributed by atoms with Gasteiger partial charge in [0.25, 0.3) is 0 Å². The van der Waals surface area contributed by atoms with Crippen LogP contribution in [0.4, 0.5) is 0 Å².